The Morgan fingerprint density at radius 3 is 2.74 bits per heavy atom. The first-order valence-electron chi connectivity index (χ1n) is 5.85. The molecule has 96 valence electrons. The summed E-state index contributed by atoms with van der Waals surface area (Å²) in [5.74, 6) is 0. The molecule has 0 spiro atoms. The zero-order valence-corrected chi connectivity index (χ0v) is 12.2. The molecule has 0 aromatic heterocycles. The summed E-state index contributed by atoms with van der Waals surface area (Å²) in [5, 5.41) is 9.16. The predicted molar refractivity (Wildman–Crippen MR) is 81.8 cm³/mol. The van der Waals surface area contributed by atoms with Crippen LogP contribution in [0.3, 0.4) is 0 Å². The van der Waals surface area contributed by atoms with Crippen molar-refractivity contribution in [3.8, 4) is 6.07 Å². The smallest absolute Gasteiger partial charge is 0.101 e. The van der Waals surface area contributed by atoms with Crippen LogP contribution in [0.4, 0.5) is 11.4 Å². The molecule has 19 heavy (non-hydrogen) atoms. The number of hydrogen-bond donors (Lipinski definition) is 1. The third-order valence-electron chi connectivity index (χ3n) is 2.86. The van der Waals surface area contributed by atoms with Gasteiger partial charge in [0.15, 0.2) is 0 Å². The highest BCUT2D eigenvalue weighted by atomic mass is 79.9. The molecule has 2 aromatic carbocycles. The van der Waals surface area contributed by atoms with Gasteiger partial charge in [-0.25, -0.2) is 0 Å². The monoisotopic (exact) mass is 315 g/mol. The van der Waals surface area contributed by atoms with Crippen molar-refractivity contribution in [2.75, 3.05) is 17.7 Å². The number of hydrogen-bond acceptors (Lipinski definition) is 3. The Hall–Kier alpha value is -1.99. The first-order chi connectivity index (χ1) is 9.10. The van der Waals surface area contributed by atoms with Crippen LogP contribution < -0.4 is 10.6 Å². The maximum Gasteiger partial charge on any atom is 0.101 e. The highest BCUT2D eigenvalue weighted by molar-refractivity contribution is 9.10. The van der Waals surface area contributed by atoms with Gasteiger partial charge in [0.1, 0.15) is 6.07 Å². The van der Waals surface area contributed by atoms with Crippen LogP contribution in [0.2, 0.25) is 0 Å². The Kier molecular flexibility index (Phi) is 4.08. The third kappa shape index (κ3) is 3.27. The average molecular weight is 316 g/mol. The van der Waals surface area contributed by atoms with Gasteiger partial charge >= 0.3 is 0 Å². The van der Waals surface area contributed by atoms with Gasteiger partial charge in [-0.1, -0.05) is 28.1 Å². The van der Waals surface area contributed by atoms with Crippen molar-refractivity contribution in [1.82, 2.24) is 0 Å². The van der Waals surface area contributed by atoms with E-state index in [1.807, 2.05) is 54.4 Å². The third-order valence-corrected chi connectivity index (χ3v) is 3.36. The molecule has 0 bridgehead atoms. The van der Waals surface area contributed by atoms with Crippen LogP contribution in [0.15, 0.2) is 46.9 Å². The maximum atomic E-state index is 9.16. The second-order valence-corrected chi connectivity index (χ2v) is 5.29. The molecule has 0 amide bonds. The fourth-order valence-corrected chi connectivity index (χ4v) is 2.31. The summed E-state index contributed by atoms with van der Waals surface area (Å²) in [6.07, 6.45) is 0. The van der Waals surface area contributed by atoms with E-state index in [1.165, 1.54) is 0 Å². The van der Waals surface area contributed by atoms with E-state index in [1.54, 1.807) is 0 Å². The fourth-order valence-electron chi connectivity index (χ4n) is 1.97. The van der Waals surface area contributed by atoms with Crippen LogP contribution >= 0.6 is 15.9 Å². The Labute approximate surface area is 121 Å². The number of benzene rings is 2. The topological polar surface area (TPSA) is 53.0 Å². The van der Waals surface area contributed by atoms with Gasteiger partial charge in [0.25, 0.3) is 0 Å². The van der Waals surface area contributed by atoms with Gasteiger partial charge in [0.05, 0.1) is 11.3 Å². The maximum absolute atomic E-state index is 9.16. The van der Waals surface area contributed by atoms with E-state index in [2.05, 4.69) is 22.0 Å². The standard InChI is InChI=1S/C15H14BrN3/c1-19(10-11-3-2-4-14(18)7-11)15-8-13(16)6-5-12(15)9-17/h2-8H,10,18H2,1H3. The van der Waals surface area contributed by atoms with Crippen LogP contribution in [-0.2, 0) is 6.54 Å². The Morgan fingerprint density at radius 2 is 2.05 bits per heavy atom. The number of nitrogens with two attached hydrogens (primary N) is 1. The van der Waals surface area contributed by atoms with Crippen molar-refractivity contribution in [1.29, 1.82) is 5.26 Å². The first kappa shape index (κ1) is 13.4. The number of nitrogen functional groups attached to an aromatic ring is 1. The number of halogens is 1. The molecule has 0 atom stereocenters. The zero-order chi connectivity index (χ0) is 13.8. The van der Waals surface area contributed by atoms with Crippen LogP contribution in [0, 0.1) is 11.3 Å². The molecule has 0 fully saturated rings. The van der Waals surface area contributed by atoms with Gasteiger partial charge in [-0.2, -0.15) is 5.26 Å². The average Bonchev–Trinajstić information content (AvgIpc) is 2.38. The van der Waals surface area contributed by atoms with E-state index in [4.69, 9.17) is 11.0 Å². The second kappa shape index (κ2) is 5.77. The lowest BCUT2D eigenvalue weighted by molar-refractivity contribution is 0.921. The minimum atomic E-state index is 0.662. The van der Waals surface area contributed by atoms with Gasteiger partial charge in [0, 0.05) is 23.8 Å². The summed E-state index contributed by atoms with van der Waals surface area (Å²) in [4.78, 5) is 2.04. The lowest BCUT2D eigenvalue weighted by Gasteiger charge is -2.21. The van der Waals surface area contributed by atoms with Crippen LogP contribution in [0.5, 0.6) is 0 Å². The van der Waals surface area contributed by atoms with Crippen LogP contribution in [-0.4, -0.2) is 7.05 Å². The lowest BCUT2D eigenvalue weighted by atomic mass is 10.1. The quantitative estimate of drug-likeness (QED) is 0.881. The van der Waals surface area contributed by atoms with E-state index in [0.717, 1.165) is 21.4 Å². The summed E-state index contributed by atoms with van der Waals surface area (Å²) < 4.78 is 0.959. The molecule has 0 aliphatic heterocycles. The summed E-state index contributed by atoms with van der Waals surface area (Å²) in [6, 6.07) is 15.6. The molecule has 0 saturated heterocycles. The highest BCUT2D eigenvalue weighted by Gasteiger charge is 2.08. The van der Waals surface area contributed by atoms with Crippen molar-refractivity contribution in [3.63, 3.8) is 0 Å². The van der Waals surface area contributed by atoms with Gasteiger partial charge in [-0.05, 0) is 35.9 Å². The van der Waals surface area contributed by atoms with E-state index in [-0.39, 0.29) is 0 Å². The normalized spacial score (nSPS) is 9.95. The first-order valence-corrected chi connectivity index (χ1v) is 6.64. The molecular formula is C15H14BrN3. The molecule has 0 heterocycles. The van der Waals surface area contributed by atoms with Gasteiger partial charge in [-0.15, -0.1) is 0 Å². The Balaban J connectivity index is 2.27. The van der Waals surface area contributed by atoms with Crippen molar-refractivity contribution in [2.45, 2.75) is 6.54 Å². The minimum Gasteiger partial charge on any atom is -0.399 e. The van der Waals surface area contributed by atoms with E-state index < -0.39 is 0 Å². The zero-order valence-electron chi connectivity index (χ0n) is 10.6. The second-order valence-electron chi connectivity index (χ2n) is 4.37. The van der Waals surface area contributed by atoms with Crippen LogP contribution in [0.25, 0.3) is 0 Å². The van der Waals surface area contributed by atoms with Crippen molar-refractivity contribution < 1.29 is 0 Å². The molecule has 0 aliphatic rings. The minimum absolute atomic E-state index is 0.662. The van der Waals surface area contributed by atoms with Crippen LogP contribution in [0.1, 0.15) is 11.1 Å². The largest absolute Gasteiger partial charge is 0.399 e. The molecule has 2 rings (SSSR count). The molecule has 0 aliphatic carbocycles. The number of nitrogens with zero attached hydrogens (tertiary/aromatic N) is 2. The molecule has 0 unspecified atom stereocenters. The van der Waals surface area contributed by atoms with Crippen molar-refractivity contribution in [2.24, 2.45) is 0 Å². The molecule has 2 aromatic rings. The van der Waals surface area contributed by atoms with Crippen molar-refractivity contribution >= 4 is 27.3 Å². The Bertz CT molecular complexity index is 632. The van der Waals surface area contributed by atoms with E-state index in [9.17, 15) is 0 Å². The fraction of sp³-hybridized carbons (Fsp3) is 0.133. The van der Waals surface area contributed by atoms with Gasteiger partial charge in [-0.3, -0.25) is 0 Å². The summed E-state index contributed by atoms with van der Waals surface area (Å²) in [6.45, 7) is 0.705. The molecular weight excluding hydrogens is 302 g/mol. The van der Waals surface area contributed by atoms with Crippen molar-refractivity contribution in [3.05, 3.63) is 58.1 Å². The number of nitriles is 1. The number of rotatable bonds is 3. The molecule has 0 saturated carbocycles. The molecule has 3 nitrogen and oxygen atoms in total. The van der Waals surface area contributed by atoms with Gasteiger partial charge in [0.2, 0.25) is 0 Å². The number of anilines is 2. The molecule has 2 N–H and O–H groups in total. The Morgan fingerprint density at radius 1 is 1.26 bits per heavy atom. The van der Waals surface area contributed by atoms with E-state index in [0.29, 0.717) is 12.1 Å². The van der Waals surface area contributed by atoms with Gasteiger partial charge < -0.3 is 10.6 Å². The highest BCUT2D eigenvalue weighted by Crippen LogP contribution is 2.25. The summed E-state index contributed by atoms with van der Waals surface area (Å²) in [5.41, 5.74) is 9.21. The molecule has 4 heteroatoms. The summed E-state index contributed by atoms with van der Waals surface area (Å²) >= 11 is 3.43. The predicted octanol–water partition coefficient (Wildman–Crippen LogP) is 3.54. The van der Waals surface area contributed by atoms with E-state index >= 15 is 0 Å². The summed E-state index contributed by atoms with van der Waals surface area (Å²) in [7, 11) is 1.96. The lowest BCUT2D eigenvalue weighted by Crippen LogP contribution is -2.17. The SMILES string of the molecule is CN(Cc1cccc(N)c1)c1cc(Br)ccc1C#N. The molecule has 0 radical (unpaired) electrons.